The van der Waals surface area contributed by atoms with Crippen LogP contribution in [-0.4, -0.2) is 56.7 Å². The highest BCUT2D eigenvalue weighted by atomic mass is 16.5. The fourth-order valence-corrected chi connectivity index (χ4v) is 3.78. The zero-order valence-corrected chi connectivity index (χ0v) is 17.1. The summed E-state index contributed by atoms with van der Waals surface area (Å²) >= 11 is 0. The van der Waals surface area contributed by atoms with Gasteiger partial charge in [0.2, 0.25) is 0 Å². The van der Waals surface area contributed by atoms with Crippen LogP contribution in [0.5, 0.6) is 0 Å². The third-order valence-electron chi connectivity index (χ3n) is 5.43. The Morgan fingerprint density at radius 2 is 1.90 bits per heavy atom. The maximum absolute atomic E-state index is 12.8. The van der Waals surface area contributed by atoms with Crippen molar-refractivity contribution in [3.8, 4) is 0 Å². The van der Waals surface area contributed by atoms with Gasteiger partial charge in [-0.1, -0.05) is 30.1 Å². The van der Waals surface area contributed by atoms with Crippen LogP contribution in [0.15, 0.2) is 33.6 Å². The van der Waals surface area contributed by atoms with E-state index >= 15 is 0 Å². The molecule has 1 amide bonds. The highest BCUT2D eigenvalue weighted by Gasteiger charge is 2.17. The molecule has 1 aromatic carbocycles. The van der Waals surface area contributed by atoms with Gasteiger partial charge in [0, 0.05) is 13.1 Å². The molecule has 3 heterocycles. The van der Waals surface area contributed by atoms with Crippen LogP contribution in [0.25, 0.3) is 10.9 Å². The van der Waals surface area contributed by atoms with E-state index in [9.17, 15) is 9.59 Å². The molecule has 9 nitrogen and oxygen atoms in total. The third kappa shape index (κ3) is 4.56. The van der Waals surface area contributed by atoms with E-state index in [4.69, 9.17) is 4.52 Å². The van der Waals surface area contributed by atoms with Gasteiger partial charge in [-0.2, -0.15) is 4.98 Å². The number of carbonyl (C=O) groups excluding carboxylic acids is 1. The summed E-state index contributed by atoms with van der Waals surface area (Å²) in [5.41, 5.74) is 0.472. The fraction of sp³-hybridized carbons (Fsp3) is 0.476. The number of hydrogen-bond donors (Lipinski definition) is 1. The first-order valence-electron chi connectivity index (χ1n) is 10.4. The van der Waals surface area contributed by atoms with Crippen molar-refractivity contribution in [3.05, 3.63) is 52.2 Å². The summed E-state index contributed by atoms with van der Waals surface area (Å²) in [6, 6.07) is 7.18. The molecule has 4 rings (SSSR count). The lowest BCUT2D eigenvalue weighted by Crippen LogP contribution is -2.35. The fourth-order valence-electron chi connectivity index (χ4n) is 3.78. The second kappa shape index (κ2) is 9.17. The van der Waals surface area contributed by atoms with E-state index in [1.54, 1.807) is 25.1 Å². The molecule has 1 N–H and O–H groups in total. The third-order valence-corrected chi connectivity index (χ3v) is 5.43. The van der Waals surface area contributed by atoms with Gasteiger partial charge in [-0.05, 0) is 45.0 Å². The number of nitrogens with one attached hydrogen (secondary N) is 1. The molecule has 9 heteroatoms. The van der Waals surface area contributed by atoms with Crippen LogP contribution in [0.4, 0.5) is 0 Å². The number of benzene rings is 1. The number of nitrogens with zero attached hydrogens (tertiary/aromatic N) is 5. The van der Waals surface area contributed by atoms with Crippen LogP contribution in [0.1, 0.15) is 48.0 Å². The molecule has 0 spiro atoms. The Hall–Kier alpha value is -3.07. The number of likely N-dealkylation sites (tertiary alicyclic amines) is 1. The van der Waals surface area contributed by atoms with Crippen molar-refractivity contribution in [2.45, 2.75) is 39.2 Å². The molecule has 0 atom stereocenters. The molecule has 0 unspecified atom stereocenters. The SMILES string of the molecule is Cc1nc2ccccc2c(=O)n1Cc1noc(C(=O)NCCN2CCCCCC2)n1. The molecule has 1 saturated heterocycles. The number of hydrogen-bond acceptors (Lipinski definition) is 7. The molecular formula is C21H26N6O3. The summed E-state index contributed by atoms with van der Waals surface area (Å²) in [4.78, 5) is 36.1. The highest BCUT2D eigenvalue weighted by Crippen LogP contribution is 2.10. The van der Waals surface area contributed by atoms with E-state index in [1.165, 1.54) is 30.3 Å². The summed E-state index contributed by atoms with van der Waals surface area (Å²) < 4.78 is 6.59. The summed E-state index contributed by atoms with van der Waals surface area (Å²) in [6.45, 7) is 5.34. The van der Waals surface area contributed by atoms with Crippen molar-refractivity contribution in [1.82, 2.24) is 29.9 Å². The minimum atomic E-state index is -0.399. The molecule has 0 saturated carbocycles. The van der Waals surface area contributed by atoms with Gasteiger partial charge in [-0.3, -0.25) is 14.2 Å². The zero-order chi connectivity index (χ0) is 20.9. The van der Waals surface area contributed by atoms with E-state index < -0.39 is 5.91 Å². The Bertz CT molecular complexity index is 1080. The molecule has 1 fully saturated rings. The van der Waals surface area contributed by atoms with Crippen LogP contribution in [0.3, 0.4) is 0 Å². The minimum absolute atomic E-state index is 0.0903. The number of fused-ring (bicyclic) bond motifs is 1. The Morgan fingerprint density at radius 1 is 1.13 bits per heavy atom. The minimum Gasteiger partial charge on any atom is -0.347 e. The van der Waals surface area contributed by atoms with E-state index in [0.717, 1.165) is 19.6 Å². The van der Waals surface area contributed by atoms with Crippen LogP contribution in [0, 0.1) is 6.92 Å². The molecule has 2 aromatic heterocycles. The maximum atomic E-state index is 12.8. The summed E-state index contributed by atoms with van der Waals surface area (Å²) in [6.07, 6.45) is 4.98. The first-order valence-corrected chi connectivity index (χ1v) is 10.4. The molecule has 158 valence electrons. The monoisotopic (exact) mass is 410 g/mol. The van der Waals surface area contributed by atoms with E-state index in [0.29, 0.717) is 23.3 Å². The van der Waals surface area contributed by atoms with Gasteiger partial charge >= 0.3 is 11.8 Å². The van der Waals surface area contributed by atoms with Gasteiger partial charge in [0.1, 0.15) is 5.82 Å². The molecule has 1 aliphatic rings. The molecule has 3 aromatic rings. The Kier molecular flexibility index (Phi) is 6.18. The van der Waals surface area contributed by atoms with E-state index in [1.807, 2.05) is 6.07 Å². The lowest BCUT2D eigenvalue weighted by Gasteiger charge is -2.19. The van der Waals surface area contributed by atoms with Crippen molar-refractivity contribution in [2.75, 3.05) is 26.2 Å². The number of amides is 1. The molecule has 30 heavy (non-hydrogen) atoms. The first-order chi connectivity index (χ1) is 14.6. The number of carbonyl (C=O) groups is 1. The number of rotatable bonds is 6. The predicted molar refractivity (Wildman–Crippen MR) is 111 cm³/mol. The Morgan fingerprint density at radius 3 is 2.70 bits per heavy atom. The van der Waals surface area contributed by atoms with Gasteiger partial charge in [0.15, 0.2) is 5.82 Å². The van der Waals surface area contributed by atoms with Crippen LogP contribution >= 0.6 is 0 Å². The second-order valence-corrected chi connectivity index (χ2v) is 7.59. The predicted octanol–water partition coefficient (Wildman–Crippen LogP) is 1.74. The van der Waals surface area contributed by atoms with Crippen molar-refractivity contribution < 1.29 is 9.32 Å². The van der Waals surface area contributed by atoms with Gasteiger partial charge in [-0.15, -0.1) is 0 Å². The summed E-state index contributed by atoms with van der Waals surface area (Å²) in [7, 11) is 0. The number of aromatic nitrogens is 4. The van der Waals surface area contributed by atoms with Crippen molar-refractivity contribution >= 4 is 16.8 Å². The molecule has 0 radical (unpaired) electrons. The molecule has 0 bridgehead atoms. The molecule has 1 aliphatic heterocycles. The van der Waals surface area contributed by atoms with E-state index in [-0.39, 0.29) is 23.8 Å². The van der Waals surface area contributed by atoms with Crippen LogP contribution < -0.4 is 10.9 Å². The Balaban J connectivity index is 1.39. The largest absolute Gasteiger partial charge is 0.347 e. The van der Waals surface area contributed by atoms with E-state index in [2.05, 4.69) is 25.3 Å². The number of aryl methyl sites for hydroxylation is 1. The first kappa shape index (κ1) is 20.2. The quantitative estimate of drug-likeness (QED) is 0.660. The zero-order valence-electron chi connectivity index (χ0n) is 17.1. The standard InChI is InChI=1S/C21H26N6O3/c1-15-23-17-9-5-4-8-16(17)21(29)27(15)14-18-24-20(30-25-18)19(28)22-10-13-26-11-6-2-3-7-12-26/h4-5,8-9H,2-3,6-7,10-14H2,1H3,(H,22,28). The lowest BCUT2D eigenvalue weighted by atomic mass is 10.2. The number of para-hydroxylation sites is 1. The van der Waals surface area contributed by atoms with Crippen molar-refractivity contribution in [3.63, 3.8) is 0 Å². The van der Waals surface area contributed by atoms with Crippen molar-refractivity contribution in [1.29, 1.82) is 0 Å². The van der Waals surface area contributed by atoms with Gasteiger partial charge < -0.3 is 14.7 Å². The topological polar surface area (TPSA) is 106 Å². The van der Waals surface area contributed by atoms with Crippen molar-refractivity contribution in [2.24, 2.45) is 0 Å². The van der Waals surface area contributed by atoms with Gasteiger partial charge in [0.25, 0.3) is 5.56 Å². The average Bonchev–Trinajstić information content (AvgIpc) is 3.06. The molecular weight excluding hydrogens is 384 g/mol. The normalized spacial score (nSPS) is 15.2. The average molecular weight is 410 g/mol. The van der Waals surface area contributed by atoms with Crippen LogP contribution in [-0.2, 0) is 6.54 Å². The van der Waals surface area contributed by atoms with Crippen LogP contribution in [0.2, 0.25) is 0 Å². The van der Waals surface area contributed by atoms with Gasteiger partial charge in [-0.25, -0.2) is 4.98 Å². The smallest absolute Gasteiger partial charge is 0.316 e. The molecule has 0 aliphatic carbocycles. The maximum Gasteiger partial charge on any atom is 0.316 e. The summed E-state index contributed by atoms with van der Waals surface area (Å²) in [5, 5.41) is 7.22. The summed E-state index contributed by atoms with van der Waals surface area (Å²) in [5.74, 6) is 0.312. The highest BCUT2D eigenvalue weighted by molar-refractivity contribution is 5.89. The lowest BCUT2D eigenvalue weighted by molar-refractivity contribution is 0.0904. The Labute approximate surface area is 174 Å². The second-order valence-electron chi connectivity index (χ2n) is 7.59. The van der Waals surface area contributed by atoms with Gasteiger partial charge in [0.05, 0.1) is 17.4 Å².